The first-order valence-electron chi connectivity index (χ1n) is 5.81. The highest BCUT2D eigenvalue weighted by atomic mass is 79.9. The van der Waals surface area contributed by atoms with Crippen molar-refractivity contribution in [1.82, 2.24) is 5.32 Å². The smallest absolute Gasteiger partial charge is 0.168 e. The van der Waals surface area contributed by atoms with Crippen molar-refractivity contribution >= 4 is 15.9 Å². The van der Waals surface area contributed by atoms with E-state index in [0.29, 0.717) is 4.47 Å². The number of halogens is 2. The van der Waals surface area contributed by atoms with E-state index in [-0.39, 0.29) is 17.0 Å². The first-order valence-corrected chi connectivity index (χ1v) is 6.60. The van der Waals surface area contributed by atoms with Crippen LogP contribution in [-0.4, -0.2) is 20.2 Å². The summed E-state index contributed by atoms with van der Waals surface area (Å²) in [6.45, 7) is 4.17. The third-order valence-corrected chi connectivity index (χ3v) is 4.20. The monoisotopic (exact) mass is 301 g/mol. The van der Waals surface area contributed by atoms with E-state index in [0.717, 1.165) is 31.5 Å². The highest BCUT2D eigenvalue weighted by molar-refractivity contribution is 9.10. The van der Waals surface area contributed by atoms with Gasteiger partial charge in [0.15, 0.2) is 11.6 Å². The molecule has 2 rings (SSSR count). The Balaban J connectivity index is 2.39. The Morgan fingerprint density at radius 1 is 1.35 bits per heavy atom. The molecule has 1 N–H and O–H groups in total. The average molecular weight is 302 g/mol. The molecule has 0 spiro atoms. The summed E-state index contributed by atoms with van der Waals surface area (Å²) in [6, 6.07) is 3.59. The zero-order valence-electron chi connectivity index (χ0n) is 10.1. The number of piperidine rings is 1. The predicted octanol–water partition coefficient (Wildman–Crippen LogP) is 3.24. The molecule has 1 aliphatic rings. The molecule has 1 aromatic rings. The van der Waals surface area contributed by atoms with Crippen molar-refractivity contribution in [2.75, 3.05) is 20.2 Å². The van der Waals surface area contributed by atoms with Gasteiger partial charge in [0.2, 0.25) is 0 Å². The van der Waals surface area contributed by atoms with Gasteiger partial charge >= 0.3 is 0 Å². The largest absolute Gasteiger partial charge is 0.492 e. The molecule has 0 amide bonds. The molecule has 2 nitrogen and oxygen atoms in total. The van der Waals surface area contributed by atoms with Gasteiger partial charge in [-0.05, 0) is 65.0 Å². The molecule has 94 valence electrons. The molecule has 1 heterocycles. The standard InChI is InChI=1S/C13H17BrFNO/c1-13(3-5-16-6-4-13)9-7-10(14)12(17-2)11(15)8-9/h7-8,16H,3-6H2,1-2H3. The van der Waals surface area contributed by atoms with Crippen LogP contribution in [0.15, 0.2) is 16.6 Å². The fourth-order valence-electron chi connectivity index (χ4n) is 2.37. The third-order valence-electron chi connectivity index (χ3n) is 3.61. The Labute approximate surface area is 110 Å². The lowest BCUT2D eigenvalue weighted by molar-refractivity contribution is 0.331. The van der Waals surface area contributed by atoms with Gasteiger partial charge in [0, 0.05) is 0 Å². The molecular formula is C13H17BrFNO. The van der Waals surface area contributed by atoms with E-state index in [4.69, 9.17) is 4.74 Å². The Morgan fingerprint density at radius 2 is 2.00 bits per heavy atom. The van der Waals surface area contributed by atoms with E-state index in [1.54, 1.807) is 6.07 Å². The van der Waals surface area contributed by atoms with E-state index in [2.05, 4.69) is 28.2 Å². The van der Waals surface area contributed by atoms with Crippen molar-refractivity contribution in [3.8, 4) is 5.75 Å². The summed E-state index contributed by atoms with van der Waals surface area (Å²) in [5.74, 6) is -0.0112. The second kappa shape index (κ2) is 4.94. The summed E-state index contributed by atoms with van der Waals surface area (Å²) in [6.07, 6.45) is 2.07. The third kappa shape index (κ3) is 2.47. The Bertz CT molecular complexity index is 393. The van der Waals surface area contributed by atoms with Crippen LogP contribution in [0.4, 0.5) is 4.39 Å². The van der Waals surface area contributed by atoms with Gasteiger partial charge in [0.25, 0.3) is 0 Å². The molecule has 1 saturated heterocycles. The average Bonchev–Trinajstić information content (AvgIpc) is 2.29. The summed E-state index contributed by atoms with van der Waals surface area (Å²) in [4.78, 5) is 0. The van der Waals surface area contributed by atoms with Crippen molar-refractivity contribution in [1.29, 1.82) is 0 Å². The minimum atomic E-state index is -0.295. The molecule has 0 radical (unpaired) electrons. The van der Waals surface area contributed by atoms with Crippen LogP contribution < -0.4 is 10.1 Å². The number of rotatable bonds is 2. The van der Waals surface area contributed by atoms with Gasteiger partial charge in [-0.3, -0.25) is 0 Å². The fraction of sp³-hybridized carbons (Fsp3) is 0.538. The lowest BCUT2D eigenvalue weighted by Crippen LogP contribution is -2.37. The van der Waals surface area contributed by atoms with Crippen LogP contribution >= 0.6 is 15.9 Å². The first-order chi connectivity index (χ1) is 8.07. The molecule has 0 atom stereocenters. The van der Waals surface area contributed by atoms with E-state index in [1.807, 2.05) is 6.07 Å². The van der Waals surface area contributed by atoms with Crippen LogP contribution in [-0.2, 0) is 5.41 Å². The predicted molar refractivity (Wildman–Crippen MR) is 70.1 cm³/mol. The van der Waals surface area contributed by atoms with Crippen molar-refractivity contribution in [3.05, 3.63) is 28.0 Å². The molecule has 0 unspecified atom stereocenters. The minimum Gasteiger partial charge on any atom is -0.492 e. The van der Waals surface area contributed by atoms with Gasteiger partial charge in [-0.1, -0.05) is 6.92 Å². The second-order valence-corrected chi connectivity index (χ2v) is 5.64. The summed E-state index contributed by atoms with van der Waals surface area (Å²) in [5, 5.41) is 3.33. The molecule has 0 bridgehead atoms. The number of ether oxygens (including phenoxy) is 1. The number of nitrogens with one attached hydrogen (secondary N) is 1. The normalized spacial score (nSPS) is 19.1. The van der Waals surface area contributed by atoms with E-state index < -0.39 is 0 Å². The van der Waals surface area contributed by atoms with Crippen LogP contribution in [0.25, 0.3) is 0 Å². The Hall–Kier alpha value is -0.610. The van der Waals surface area contributed by atoms with Gasteiger partial charge in [-0.15, -0.1) is 0 Å². The maximum absolute atomic E-state index is 13.9. The summed E-state index contributed by atoms with van der Waals surface area (Å²) < 4.78 is 19.6. The molecule has 4 heteroatoms. The van der Waals surface area contributed by atoms with Crippen molar-refractivity contribution < 1.29 is 9.13 Å². The van der Waals surface area contributed by atoms with Gasteiger partial charge in [-0.2, -0.15) is 0 Å². The van der Waals surface area contributed by atoms with Crippen LogP contribution in [0.2, 0.25) is 0 Å². The fourth-order valence-corrected chi connectivity index (χ4v) is 2.97. The molecule has 1 fully saturated rings. The zero-order chi connectivity index (χ0) is 12.5. The molecule has 1 aromatic carbocycles. The highest BCUT2D eigenvalue weighted by Gasteiger charge is 2.30. The number of benzene rings is 1. The van der Waals surface area contributed by atoms with E-state index in [9.17, 15) is 4.39 Å². The van der Waals surface area contributed by atoms with Crippen LogP contribution in [0, 0.1) is 5.82 Å². The highest BCUT2D eigenvalue weighted by Crippen LogP contribution is 2.38. The van der Waals surface area contributed by atoms with Gasteiger partial charge < -0.3 is 10.1 Å². The van der Waals surface area contributed by atoms with E-state index in [1.165, 1.54) is 7.11 Å². The first kappa shape index (κ1) is 12.8. The van der Waals surface area contributed by atoms with Crippen molar-refractivity contribution in [2.45, 2.75) is 25.2 Å². The molecular weight excluding hydrogens is 285 g/mol. The van der Waals surface area contributed by atoms with Gasteiger partial charge in [-0.25, -0.2) is 4.39 Å². The number of hydrogen-bond acceptors (Lipinski definition) is 2. The quantitative estimate of drug-likeness (QED) is 0.905. The Kier molecular flexibility index (Phi) is 3.73. The minimum absolute atomic E-state index is 0.0564. The van der Waals surface area contributed by atoms with Gasteiger partial charge in [0.1, 0.15) is 0 Å². The molecule has 0 aliphatic carbocycles. The number of hydrogen-bond donors (Lipinski definition) is 1. The van der Waals surface area contributed by atoms with E-state index >= 15 is 0 Å². The maximum atomic E-state index is 13.9. The summed E-state index contributed by atoms with van der Waals surface area (Å²) in [5.41, 5.74) is 1.10. The molecule has 1 aliphatic heterocycles. The second-order valence-electron chi connectivity index (χ2n) is 4.78. The van der Waals surface area contributed by atoms with Crippen molar-refractivity contribution in [3.63, 3.8) is 0 Å². The summed E-state index contributed by atoms with van der Waals surface area (Å²) in [7, 11) is 1.48. The topological polar surface area (TPSA) is 21.3 Å². The summed E-state index contributed by atoms with van der Waals surface area (Å²) >= 11 is 3.37. The SMILES string of the molecule is COc1c(F)cc(C2(C)CCNCC2)cc1Br. The lowest BCUT2D eigenvalue weighted by Gasteiger charge is -2.35. The molecule has 17 heavy (non-hydrogen) atoms. The van der Waals surface area contributed by atoms with Crippen LogP contribution in [0.1, 0.15) is 25.3 Å². The number of methoxy groups -OCH3 is 1. The van der Waals surface area contributed by atoms with Crippen LogP contribution in [0.3, 0.4) is 0 Å². The molecule has 0 aromatic heterocycles. The molecule has 0 saturated carbocycles. The lowest BCUT2D eigenvalue weighted by atomic mass is 9.75. The van der Waals surface area contributed by atoms with Crippen molar-refractivity contribution in [2.24, 2.45) is 0 Å². The zero-order valence-corrected chi connectivity index (χ0v) is 11.7. The van der Waals surface area contributed by atoms with Gasteiger partial charge in [0.05, 0.1) is 11.6 Å². The van der Waals surface area contributed by atoms with Crippen LogP contribution in [0.5, 0.6) is 5.75 Å². The maximum Gasteiger partial charge on any atom is 0.168 e. The Morgan fingerprint density at radius 3 is 2.53 bits per heavy atom.